The SMILES string of the molecule is Cc1ncc(CCNC(=O)c2ccc(Br)o2)[nH]1. The van der Waals surface area contributed by atoms with Crippen LogP contribution in [0.15, 0.2) is 27.4 Å². The van der Waals surface area contributed by atoms with Gasteiger partial charge in [-0.3, -0.25) is 4.79 Å². The van der Waals surface area contributed by atoms with Crippen LogP contribution in [0.25, 0.3) is 0 Å². The Morgan fingerprint density at radius 2 is 2.41 bits per heavy atom. The number of aromatic amines is 1. The molecule has 2 heterocycles. The molecular weight excluding hydrogens is 286 g/mol. The molecule has 0 radical (unpaired) electrons. The normalized spacial score (nSPS) is 10.5. The fraction of sp³-hybridized carbons (Fsp3) is 0.273. The van der Waals surface area contributed by atoms with Gasteiger partial charge in [-0.15, -0.1) is 0 Å². The number of halogens is 1. The molecule has 0 fully saturated rings. The van der Waals surface area contributed by atoms with E-state index >= 15 is 0 Å². The number of hydrogen-bond donors (Lipinski definition) is 2. The van der Waals surface area contributed by atoms with Crippen molar-refractivity contribution in [3.63, 3.8) is 0 Å². The van der Waals surface area contributed by atoms with Crippen molar-refractivity contribution in [1.82, 2.24) is 15.3 Å². The minimum absolute atomic E-state index is 0.216. The van der Waals surface area contributed by atoms with E-state index in [1.165, 1.54) is 0 Å². The number of H-pyrrole nitrogens is 1. The number of carbonyl (C=O) groups is 1. The van der Waals surface area contributed by atoms with Crippen LogP contribution in [0.3, 0.4) is 0 Å². The van der Waals surface area contributed by atoms with Crippen LogP contribution in [-0.4, -0.2) is 22.4 Å². The number of nitrogens with one attached hydrogen (secondary N) is 2. The average Bonchev–Trinajstić information content (AvgIpc) is 2.88. The number of nitrogens with zero attached hydrogens (tertiary/aromatic N) is 1. The molecule has 17 heavy (non-hydrogen) atoms. The maximum Gasteiger partial charge on any atom is 0.287 e. The summed E-state index contributed by atoms with van der Waals surface area (Å²) in [5, 5.41) is 2.77. The minimum atomic E-state index is -0.216. The zero-order valence-corrected chi connectivity index (χ0v) is 10.9. The standard InChI is InChI=1S/C11H12BrN3O2/c1-7-14-6-8(15-7)4-5-13-11(16)9-2-3-10(12)17-9/h2-3,6H,4-5H2,1H3,(H,13,16)(H,14,15). The molecule has 0 aliphatic heterocycles. The summed E-state index contributed by atoms with van der Waals surface area (Å²) in [6.07, 6.45) is 2.49. The van der Waals surface area contributed by atoms with Gasteiger partial charge in [-0.05, 0) is 35.0 Å². The highest BCUT2D eigenvalue weighted by Crippen LogP contribution is 2.13. The molecule has 5 nitrogen and oxygen atoms in total. The number of carbonyl (C=O) groups excluding carboxylic acids is 1. The Labute approximate surface area is 107 Å². The summed E-state index contributed by atoms with van der Waals surface area (Å²) in [5.41, 5.74) is 1.00. The van der Waals surface area contributed by atoms with Crippen LogP contribution in [0.5, 0.6) is 0 Å². The summed E-state index contributed by atoms with van der Waals surface area (Å²) in [4.78, 5) is 18.8. The van der Waals surface area contributed by atoms with Crippen molar-refractivity contribution in [3.05, 3.63) is 40.3 Å². The Hall–Kier alpha value is -1.56. The topological polar surface area (TPSA) is 70.9 Å². The van der Waals surface area contributed by atoms with Crippen LogP contribution in [0.1, 0.15) is 22.1 Å². The first-order chi connectivity index (χ1) is 8.15. The summed E-state index contributed by atoms with van der Waals surface area (Å²) in [7, 11) is 0. The van der Waals surface area contributed by atoms with Gasteiger partial charge >= 0.3 is 0 Å². The quantitative estimate of drug-likeness (QED) is 0.907. The van der Waals surface area contributed by atoms with Crippen molar-refractivity contribution < 1.29 is 9.21 Å². The summed E-state index contributed by atoms with van der Waals surface area (Å²) in [6.45, 7) is 2.43. The van der Waals surface area contributed by atoms with E-state index in [0.29, 0.717) is 23.4 Å². The summed E-state index contributed by atoms with van der Waals surface area (Å²) < 4.78 is 5.68. The van der Waals surface area contributed by atoms with Gasteiger partial charge in [-0.25, -0.2) is 4.98 Å². The van der Waals surface area contributed by atoms with Crippen LogP contribution < -0.4 is 5.32 Å². The Bertz CT molecular complexity index is 518. The molecule has 90 valence electrons. The number of aryl methyl sites for hydroxylation is 1. The lowest BCUT2D eigenvalue weighted by atomic mass is 10.3. The molecule has 0 aliphatic carbocycles. The largest absolute Gasteiger partial charge is 0.444 e. The van der Waals surface area contributed by atoms with Crippen molar-refractivity contribution in [3.8, 4) is 0 Å². The molecule has 0 aliphatic rings. The monoisotopic (exact) mass is 297 g/mol. The second kappa shape index (κ2) is 5.18. The number of amides is 1. The van der Waals surface area contributed by atoms with Crippen molar-refractivity contribution in [2.75, 3.05) is 6.54 Å². The second-order valence-corrected chi connectivity index (χ2v) is 4.39. The highest BCUT2D eigenvalue weighted by atomic mass is 79.9. The zero-order valence-electron chi connectivity index (χ0n) is 9.29. The van der Waals surface area contributed by atoms with Crippen molar-refractivity contribution in [2.45, 2.75) is 13.3 Å². The molecule has 2 N–H and O–H groups in total. The zero-order chi connectivity index (χ0) is 12.3. The number of hydrogen-bond acceptors (Lipinski definition) is 3. The van der Waals surface area contributed by atoms with Crippen LogP contribution in [0, 0.1) is 6.92 Å². The van der Waals surface area contributed by atoms with Crippen LogP contribution in [0.2, 0.25) is 0 Å². The highest BCUT2D eigenvalue weighted by Gasteiger charge is 2.09. The second-order valence-electron chi connectivity index (χ2n) is 3.60. The lowest BCUT2D eigenvalue weighted by Crippen LogP contribution is -2.25. The van der Waals surface area contributed by atoms with Gasteiger partial charge in [0.1, 0.15) is 5.82 Å². The van der Waals surface area contributed by atoms with Crippen molar-refractivity contribution in [1.29, 1.82) is 0 Å². The predicted molar refractivity (Wildman–Crippen MR) is 65.8 cm³/mol. The predicted octanol–water partition coefficient (Wildman–Crippen LogP) is 2.05. The Morgan fingerprint density at radius 1 is 1.59 bits per heavy atom. The fourth-order valence-corrected chi connectivity index (χ4v) is 1.74. The van der Waals surface area contributed by atoms with Gasteiger partial charge in [0.25, 0.3) is 5.91 Å². The van der Waals surface area contributed by atoms with Gasteiger partial charge in [0.05, 0.1) is 0 Å². The molecule has 1 amide bonds. The molecular formula is C11H12BrN3O2. The fourth-order valence-electron chi connectivity index (χ4n) is 1.43. The smallest absolute Gasteiger partial charge is 0.287 e. The van der Waals surface area contributed by atoms with Gasteiger partial charge in [0.2, 0.25) is 0 Å². The third-order valence-corrected chi connectivity index (χ3v) is 2.66. The number of rotatable bonds is 4. The third kappa shape index (κ3) is 3.20. The molecule has 0 spiro atoms. The van der Waals surface area contributed by atoms with Gasteiger partial charge in [-0.1, -0.05) is 0 Å². The first-order valence-electron chi connectivity index (χ1n) is 5.19. The van der Waals surface area contributed by atoms with Gasteiger partial charge < -0.3 is 14.7 Å². The molecule has 0 saturated heterocycles. The number of imidazole rings is 1. The van der Waals surface area contributed by atoms with Gasteiger partial charge in [0, 0.05) is 24.9 Å². The lowest BCUT2D eigenvalue weighted by Gasteiger charge is -2.01. The summed E-state index contributed by atoms with van der Waals surface area (Å²) >= 11 is 3.15. The van der Waals surface area contributed by atoms with E-state index in [1.54, 1.807) is 18.3 Å². The molecule has 0 atom stereocenters. The third-order valence-electron chi connectivity index (χ3n) is 2.23. The summed E-state index contributed by atoms with van der Waals surface area (Å²) in [6, 6.07) is 3.31. The maximum atomic E-state index is 11.6. The molecule has 2 aromatic rings. The number of aromatic nitrogens is 2. The first-order valence-corrected chi connectivity index (χ1v) is 5.98. The minimum Gasteiger partial charge on any atom is -0.444 e. The van der Waals surface area contributed by atoms with Gasteiger partial charge in [-0.2, -0.15) is 0 Å². The van der Waals surface area contributed by atoms with E-state index in [9.17, 15) is 4.79 Å². The molecule has 2 rings (SSSR count). The van der Waals surface area contributed by atoms with E-state index in [-0.39, 0.29) is 5.91 Å². The molecule has 6 heteroatoms. The molecule has 2 aromatic heterocycles. The Morgan fingerprint density at radius 3 is 3.00 bits per heavy atom. The summed E-state index contributed by atoms with van der Waals surface area (Å²) in [5.74, 6) is 0.964. The van der Waals surface area contributed by atoms with Crippen molar-refractivity contribution >= 4 is 21.8 Å². The van der Waals surface area contributed by atoms with Crippen LogP contribution in [-0.2, 0) is 6.42 Å². The molecule has 0 aromatic carbocycles. The molecule has 0 unspecified atom stereocenters. The Balaban J connectivity index is 1.81. The molecule has 0 saturated carbocycles. The highest BCUT2D eigenvalue weighted by molar-refractivity contribution is 9.10. The lowest BCUT2D eigenvalue weighted by molar-refractivity contribution is 0.0925. The van der Waals surface area contributed by atoms with E-state index in [2.05, 4.69) is 31.2 Å². The van der Waals surface area contributed by atoms with E-state index in [0.717, 1.165) is 11.5 Å². The van der Waals surface area contributed by atoms with Crippen molar-refractivity contribution in [2.24, 2.45) is 0 Å². The van der Waals surface area contributed by atoms with Crippen LogP contribution >= 0.6 is 15.9 Å². The first kappa shape index (κ1) is 11.9. The van der Waals surface area contributed by atoms with Gasteiger partial charge in [0.15, 0.2) is 10.4 Å². The average molecular weight is 298 g/mol. The Kier molecular flexibility index (Phi) is 3.63. The molecule has 0 bridgehead atoms. The maximum absolute atomic E-state index is 11.6. The van der Waals surface area contributed by atoms with Crippen LogP contribution in [0.4, 0.5) is 0 Å². The number of furan rings is 1. The van der Waals surface area contributed by atoms with E-state index < -0.39 is 0 Å². The van der Waals surface area contributed by atoms with E-state index in [4.69, 9.17) is 4.42 Å². The van der Waals surface area contributed by atoms with E-state index in [1.807, 2.05) is 6.92 Å².